The van der Waals surface area contributed by atoms with E-state index in [4.69, 9.17) is 0 Å². The molecule has 1 aromatic rings. The molecule has 0 unspecified atom stereocenters. The van der Waals surface area contributed by atoms with Crippen LogP contribution in [0.2, 0.25) is 0 Å². The Labute approximate surface area is 124 Å². The zero-order valence-corrected chi connectivity index (χ0v) is 12.4. The average molecular weight is 350 g/mol. The van der Waals surface area contributed by atoms with Gasteiger partial charge < -0.3 is 4.90 Å². The molecule has 0 radical (unpaired) electrons. The maximum absolute atomic E-state index is 13.7. The van der Waals surface area contributed by atoms with Gasteiger partial charge >= 0.3 is 0 Å². The van der Waals surface area contributed by atoms with Crippen molar-refractivity contribution in [2.24, 2.45) is 0 Å². The molecular formula is C14H15BrF3NO. The lowest BCUT2D eigenvalue weighted by molar-refractivity contribution is 0.0575. The number of nitrogens with zero attached hydrogens (tertiary/aromatic N) is 1. The molecule has 0 aliphatic heterocycles. The minimum Gasteiger partial charge on any atom is -0.336 e. The Kier molecular flexibility index (Phi) is 5.07. The molecule has 1 aliphatic rings. The van der Waals surface area contributed by atoms with Crippen LogP contribution >= 0.6 is 15.9 Å². The third-order valence-corrected chi connectivity index (χ3v) is 4.14. The van der Waals surface area contributed by atoms with Crippen LogP contribution in [0.3, 0.4) is 0 Å². The summed E-state index contributed by atoms with van der Waals surface area (Å²) >= 11 is 3.29. The number of halogens is 4. The number of hydrogen-bond acceptors (Lipinski definition) is 1. The average Bonchev–Trinajstić information content (AvgIpc) is 2.38. The number of alkyl halides is 1. The second-order valence-electron chi connectivity index (χ2n) is 4.85. The van der Waals surface area contributed by atoms with E-state index in [0.29, 0.717) is 6.54 Å². The van der Waals surface area contributed by atoms with Gasteiger partial charge in [-0.3, -0.25) is 4.79 Å². The fourth-order valence-electron chi connectivity index (χ4n) is 2.22. The van der Waals surface area contributed by atoms with Crippen molar-refractivity contribution < 1.29 is 18.0 Å². The monoisotopic (exact) mass is 349 g/mol. The summed E-state index contributed by atoms with van der Waals surface area (Å²) in [4.78, 5) is 13.9. The van der Waals surface area contributed by atoms with Crippen LogP contribution in [0.5, 0.6) is 0 Å². The molecule has 0 atom stereocenters. The molecule has 1 fully saturated rings. The molecule has 6 heteroatoms. The number of rotatable bonds is 5. The second-order valence-corrected chi connectivity index (χ2v) is 5.64. The Balaban J connectivity index is 2.24. The molecular weight excluding hydrogens is 335 g/mol. The number of carbonyl (C=O) groups is 1. The van der Waals surface area contributed by atoms with Gasteiger partial charge in [0.2, 0.25) is 0 Å². The van der Waals surface area contributed by atoms with Crippen LogP contribution in [0.1, 0.15) is 36.0 Å². The van der Waals surface area contributed by atoms with Crippen molar-refractivity contribution in [3.05, 3.63) is 35.1 Å². The Bertz CT molecular complexity index is 505. The van der Waals surface area contributed by atoms with Gasteiger partial charge in [0.25, 0.3) is 5.91 Å². The van der Waals surface area contributed by atoms with E-state index in [9.17, 15) is 18.0 Å². The number of hydrogen-bond donors (Lipinski definition) is 0. The number of benzene rings is 1. The van der Waals surface area contributed by atoms with Crippen LogP contribution in [0.4, 0.5) is 13.2 Å². The van der Waals surface area contributed by atoms with Crippen molar-refractivity contribution in [1.82, 2.24) is 4.90 Å². The van der Waals surface area contributed by atoms with E-state index in [-0.39, 0.29) is 6.04 Å². The number of carbonyl (C=O) groups excluding carboxylic acids is 1. The molecule has 0 spiro atoms. The first-order valence-electron chi connectivity index (χ1n) is 6.56. The summed E-state index contributed by atoms with van der Waals surface area (Å²) in [6.45, 7) is 0.479. The summed E-state index contributed by atoms with van der Waals surface area (Å²) in [7, 11) is 0. The highest BCUT2D eigenvalue weighted by Gasteiger charge is 2.31. The first kappa shape index (κ1) is 15.4. The van der Waals surface area contributed by atoms with E-state index in [1.165, 1.54) is 0 Å². The molecule has 0 bridgehead atoms. The van der Waals surface area contributed by atoms with Gasteiger partial charge in [-0.25, -0.2) is 13.2 Å². The third kappa shape index (κ3) is 3.00. The van der Waals surface area contributed by atoms with Gasteiger partial charge in [0.15, 0.2) is 17.5 Å². The van der Waals surface area contributed by atoms with Crippen molar-refractivity contribution in [1.29, 1.82) is 0 Å². The first-order chi connectivity index (χ1) is 9.56. The molecule has 2 rings (SSSR count). The van der Waals surface area contributed by atoms with Crippen molar-refractivity contribution in [3.8, 4) is 0 Å². The van der Waals surface area contributed by atoms with E-state index >= 15 is 0 Å². The molecule has 0 saturated heterocycles. The Morgan fingerprint density at radius 2 is 1.95 bits per heavy atom. The lowest BCUT2D eigenvalue weighted by Gasteiger charge is -2.37. The van der Waals surface area contributed by atoms with Gasteiger partial charge in [-0.15, -0.1) is 0 Å². The fraction of sp³-hybridized carbons (Fsp3) is 0.500. The molecule has 1 aliphatic carbocycles. The third-order valence-electron chi connectivity index (χ3n) is 3.57. The zero-order valence-electron chi connectivity index (χ0n) is 10.8. The highest BCUT2D eigenvalue weighted by molar-refractivity contribution is 9.09. The SMILES string of the molecule is O=C(c1ccc(F)c(F)c1F)N(CCCBr)C1CCC1. The van der Waals surface area contributed by atoms with E-state index in [0.717, 1.165) is 43.1 Å². The highest BCUT2D eigenvalue weighted by Crippen LogP contribution is 2.27. The summed E-state index contributed by atoms with van der Waals surface area (Å²) in [6, 6.07) is 1.87. The predicted octanol–water partition coefficient (Wildman–Crippen LogP) is 3.88. The van der Waals surface area contributed by atoms with Gasteiger partial charge in [-0.2, -0.15) is 0 Å². The van der Waals surface area contributed by atoms with Crippen molar-refractivity contribution in [2.75, 3.05) is 11.9 Å². The van der Waals surface area contributed by atoms with E-state index in [2.05, 4.69) is 15.9 Å². The van der Waals surface area contributed by atoms with Gasteiger partial charge in [0.05, 0.1) is 5.56 Å². The Morgan fingerprint density at radius 3 is 2.50 bits per heavy atom. The van der Waals surface area contributed by atoms with Gasteiger partial charge in [-0.05, 0) is 37.8 Å². The highest BCUT2D eigenvalue weighted by atomic mass is 79.9. The molecule has 1 amide bonds. The van der Waals surface area contributed by atoms with Crippen LogP contribution in [0.15, 0.2) is 12.1 Å². The quantitative estimate of drug-likeness (QED) is 0.583. The van der Waals surface area contributed by atoms with Gasteiger partial charge in [0, 0.05) is 17.9 Å². The molecule has 1 aromatic carbocycles. The first-order valence-corrected chi connectivity index (χ1v) is 7.69. The lowest BCUT2D eigenvalue weighted by Crippen LogP contribution is -2.45. The summed E-state index contributed by atoms with van der Waals surface area (Å²) in [5.41, 5.74) is -0.398. The molecule has 2 nitrogen and oxygen atoms in total. The van der Waals surface area contributed by atoms with E-state index in [1.54, 1.807) is 4.90 Å². The topological polar surface area (TPSA) is 20.3 Å². The van der Waals surface area contributed by atoms with Gasteiger partial charge in [-0.1, -0.05) is 15.9 Å². The number of amides is 1. The summed E-state index contributed by atoms with van der Waals surface area (Å²) in [6.07, 6.45) is 3.51. The summed E-state index contributed by atoms with van der Waals surface area (Å²) in [5, 5.41) is 0.726. The van der Waals surface area contributed by atoms with Crippen LogP contribution in [0, 0.1) is 17.5 Å². The smallest absolute Gasteiger partial charge is 0.257 e. The lowest BCUT2D eigenvalue weighted by atomic mass is 9.90. The molecule has 0 heterocycles. The maximum atomic E-state index is 13.7. The molecule has 1 saturated carbocycles. The van der Waals surface area contributed by atoms with Gasteiger partial charge in [0.1, 0.15) is 0 Å². The Morgan fingerprint density at radius 1 is 1.25 bits per heavy atom. The summed E-state index contributed by atoms with van der Waals surface area (Å²) < 4.78 is 39.9. The molecule has 0 N–H and O–H groups in total. The minimum atomic E-state index is -1.59. The van der Waals surface area contributed by atoms with E-state index in [1.807, 2.05) is 0 Å². The van der Waals surface area contributed by atoms with Crippen LogP contribution in [-0.2, 0) is 0 Å². The van der Waals surface area contributed by atoms with Crippen LogP contribution < -0.4 is 0 Å². The standard InChI is InChI=1S/C14H15BrF3NO/c15-7-2-8-19(9-3-1-4-9)14(20)10-5-6-11(16)13(18)12(10)17/h5-6,9H,1-4,7-8H2. The molecule has 0 aromatic heterocycles. The Hall–Kier alpha value is -1.04. The second kappa shape index (κ2) is 6.61. The fourth-order valence-corrected chi connectivity index (χ4v) is 2.47. The summed E-state index contributed by atoms with van der Waals surface area (Å²) in [5.74, 6) is -4.84. The van der Waals surface area contributed by atoms with Crippen LogP contribution in [0.25, 0.3) is 0 Å². The van der Waals surface area contributed by atoms with Crippen LogP contribution in [-0.4, -0.2) is 28.7 Å². The maximum Gasteiger partial charge on any atom is 0.257 e. The largest absolute Gasteiger partial charge is 0.336 e. The van der Waals surface area contributed by atoms with E-state index < -0.39 is 28.9 Å². The molecule has 110 valence electrons. The van der Waals surface area contributed by atoms with Crippen molar-refractivity contribution >= 4 is 21.8 Å². The predicted molar refractivity (Wildman–Crippen MR) is 73.4 cm³/mol. The normalized spacial score (nSPS) is 15.0. The van der Waals surface area contributed by atoms with Crippen molar-refractivity contribution in [3.63, 3.8) is 0 Å². The minimum absolute atomic E-state index is 0.0778. The van der Waals surface area contributed by atoms with Crippen molar-refractivity contribution in [2.45, 2.75) is 31.7 Å². The molecule has 20 heavy (non-hydrogen) atoms. The zero-order chi connectivity index (χ0) is 14.7.